The molecule has 0 saturated carbocycles. The number of aryl methyl sites for hydroxylation is 2. The molecule has 2 aromatic carbocycles. The average Bonchev–Trinajstić information content (AvgIpc) is 3.04. The van der Waals surface area contributed by atoms with Crippen LogP contribution >= 0.6 is 0 Å². The van der Waals surface area contributed by atoms with Crippen LogP contribution in [0.25, 0.3) is 0 Å². The molecule has 0 atom stereocenters. The van der Waals surface area contributed by atoms with Crippen LogP contribution < -0.4 is 0 Å². The van der Waals surface area contributed by atoms with E-state index in [2.05, 4.69) is 88.4 Å². The van der Waals surface area contributed by atoms with Crippen molar-refractivity contribution in [3.05, 3.63) is 71.8 Å². The van der Waals surface area contributed by atoms with Crippen molar-refractivity contribution in [3.8, 4) is 0 Å². The summed E-state index contributed by atoms with van der Waals surface area (Å²) in [6.07, 6.45) is 32.7. The van der Waals surface area contributed by atoms with Crippen LogP contribution in [-0.2, 0) is 12.8 Å². The number of aliphatic imine (C=N–C) groups is 2. The maximum Gasteiger partial charge on any atom is 0.0848 e. The minimum absolute atomic E-state index is 0.948. The minimum Gasteiger partial charge on any atom is -0.251 e. The molecular formula is C42H66N2. The van der Waals surface area contributed by atoms with E-state index >= 15 is 0 Å². The molecule has 0 spiro atoms. The standard InChI is InChI=1S/C42H66N2/c1-5-9-13-15-17-19-21-23-27-37-29-25-31-39(35-37)43-41(33-11-7-3)42(34-12-8-4)44-40-32-26-30-38(36-40)28-24-22-20-18-16-14-10-6-2/h11,25-26,29-33,35-36H,5-10,12-24,27-28,34H2,1-4H3. The normalized spacial score (nSPS) is 12.5. The Morgan fingerprint density at radius 2 is 0.977 bits per heavy atom. The van der Waals surface area contributed by atoms with Crippen LogP contribution in [0.15, 0.2) is 70.7 Å². The zero-order valence-electron chi connectivity index (χ0n) is 29.2. The van der Waals surface area contributed by atoms with E-state index in [9.17, 15) is 0 Å². The summed E-state index contributed by atoms with van der Waals surface area (Å²) in [7, 11) is 0. The first kappa shape index (κ1) is 37.7. The van der Waals surface area contributed by atoms with E-state index in [1.165, 1.54) is 114 Å². The van der Waals surface area contributed by atoms with Gasteiger partial charge in [-0.2, -0.15) is 0 Å². The van der Waals surface area contributed by atoms with E-state index in [0.717, 1.165) is 61.3 Å². The largest absolute Gasteiger partial charge is 0.251 e. The maximum atomic E-state index is 5.25. The van der Waals surface area contributed by atoms with Crippen LogP contribution in [0.5, 0.6) is 0 Å². The molecule has 2 nitrogen and oxygen atoms in total. The van der Waals surface area contributed by atoms with Gasteiger partial charge < -0.3 is 0 Å². The van der Waals surface area contributed by atoms with Crippen LogP contribution in [0.2, 0.25) is 0 Å². The van der Waals surface area contributed by atoms with Gasteiger partial charge in [0.1, 0.15) is 0 Å². The van der Waals surface area contributed by atoms with Crippen LogP contribution in [0.1, 0.15) is 167 Å². The fourth-order valence-electron chi connectivity index (χ4n) is 5.80. The van der Waals surface area contributed by atoms with Gasteiger partial charge in [0, 0.05) is 0 Å². The van der Waals surface area contributed by atoms with E-state index in [0.29, 0.717) is 0 Å². The predicted molar refractivity (Wildman–Crippen MR) is 199 cm³/mol. The molecule has 0 fully saturated rings. The predicted octanol–water partition coefficient (Wildman–Crippen LogP) is 14.1. The number of unbranched alkanes of at least 4 members (excludes halogenated alkanes) is 15. The van der Waals surface area contributed by atoms with Crippen LogP contribution in [-0.4, -0.2) is 11.4 Å². The van der Waals surface area contributed by atoms with Crippen molar-refractivity contribution >= 4 is 22.8 Å². The van der Waals surface area contributed by atoms with Crippen LogP contribution in [0.3, 0.4) is 0 Å². The first-order valence-corrected chi connectivity index (χ1v) is 18.7. The van der Waals surface area contributed by atoms with Gasteiger partial charge in [-0.05, 0) is 86.4 Å². The van der Waals surface area contributed by atoms with Gasteiger partial charge in [-0.3, -0.25) is 4.99 Å². The molecule has 0 radical (unpaired) electrons. The van der Waals surface area contributed by atoms with E-state index in [1.54, 1.807) is 0 Å². The number of hydrogen-bond acceptors (Lipinski definition) is 2. The number of nitrogens with zero attached hydrogens (tertiary/aromatic N) is 2. The summed E-state index contributed by atoms with van der Waals surface area (Å²) in [5, 5.41) is 0. The monoisotopic (exact) mass is 599 g/mol. The Morgan fingerprint density at radius 1 is 0.523 bits per heavy atom. The van der Waals surface area contributed by atoms with Crippen LogP contribution in [0.4, 0.5) is 11.4 Å². The van der Waals surface area contributed by atoms with E-state index in [4.69, 9.17) is 9.98 Å². The number of allylic oxidation sites excluding steroid dienone is 2. The Balaban J connectivity index is 2.09. The molecule has 2 heteroatoms. The minimum atomic E-state index is 0.948. The second-order valence-corrected chi connectivity index (χ2v) is 12.8. The highest BCUT2D eigenvalue weighted by molar-refractivity contribution is 6.47. The first-order valence-electron chi connectivity index (χ1n) is 18.7. The molecular weight excluding hydrogens is 532 g/mol. The smallest absolute Gasteiger partial charge is 0.0848 e. The van der Waals surface area contributed by atoms with Gasteiger partial charge in [0.2, 0.25) is 0 Å². The van der Waals surface area contributed by atoms with Crippen molar-refractivity contribution in [1.82, 2.24) is 0 Å². The second-order valence-electron chi connectivity index (χ2n) is 12.8. The van der Waals surface area contributed by atoms with E-state index in [-0.39, 0.29) is 0 Å². The lowest BCUT2D eigenvalue weighted by molar-refractivity contribution is 0.575. The third kappa shape index (κ3) is 17.7. The molecule has 0 aliphatic heterocycles. The lowest BCUT2D eigenvalue weighted by Gasteiger charge is -2.10. The second kappa shape index (κ2) is 25.8. The molecule has 0 aliphatic rings. The molecule has 0 amide bonds. The van der Waals surface area contributed by atoms with Gasteiger partial charge in [-0.25, -0.2) is 4.99 Å². The lowest BCUT2D eigenvalue weighted by atomic mass is 10.0. The summed E-state index contributed by atoms with van der Waals surface area (Å²) in [5.41, 5.74) is 7.03. The van der Waals surface area contributed by atoms with Crippen LogP contribution in [0, 0.1) is 0 Å². The van der Waals surface area contributed by atoms with Crippen molar-refractivity contribution < 1.29 is 0 Å². The summed E-state index contributed by atoms with van der Waals surface area (Å²) in [6, 6.07) is 17.8. The number of rotatable bonds is 26. The first-order chi connectivity index (χ1) is 21.7. The van der Waals surface area contributed by atoms with Gasteiger partial charge in [0.15, 0.2) is 0 Å². The third-order valence-corrected chi connectivity index (χ3v) is 8.55. The number of benzene rings is 2. The third-order valence-electron chi connectivity index (χ3n) is 8.55. The fraction of sp³-hybridized carbons (Fsp3) is 0.619. The topological polar surface area (TPSA) is 24.7 Å². The van der Waals surface area contributed by atoms with E-state index in [1.807, 2.05) is 0 Å². The Bertz CT molecular complexity index is 1080. The van der Waals surface area contributed by atoms with Crippen molar-refractivity contribution in [2.45, 2.75) is 169 Å². The van der Waals surface area contributed by atoms with E-state index < -0.39 is 0 Å². The Kier molecular flexibility index (Phi) is 22.1. The quantitative estimate of drug-likeness (QED) is 0.0760. The molecule has 0 bridgehead atoms. The maximum absolute atomic E-state index is 5.25. The zero-order chi connectivity index (χ0) is 31.5. The molecule has 0 heterocycles. The summed E-state index contributed by atoms with van der Waals surface area (Å²) >= 11 is 0. The van der Waals surface area contributed by atoms with Gasteiger partial charge in [-0.15, -0.1) is 0 Å². The SMILES string of the molecule is CCC=CC(=Nc1cccc(CCCCCCCCCC)c1)C(CCCC)=Nc1cccc(CCCCCCCCCC)c1. The van der Waals surface area contributed by atoms with Gasteiger partial charge >= 0.3 is 0 Å². The fourth-order valence-corrected chi connectivity index (χ4v) is 5.80. The van der Waals surface area contributed by atoms with Crippen molar-refractivity contribution in [2.24, 2.45) is 9.98 Å². The highest BCUT2D eigenvalue weighted by Crippen LogP contribution is 2.22. The van der Waals surface area contributed by atoms with Crippen molar-refractivity contribution in [3.63, 3.8) is 0 Å². The Hall–Kier alpha value is -2.48. The van der Waals surface area contributed by atoms with Gasteiger partial charge in [0.25, 0.3) is 0 Å². The highest BCUT2D eigenvalue weighted by atomic mass is 14.8. The molecule has 0 aliphatic carbocycles. The zero-order valence-corrected chi connectivity index (χ0v) is 29.2. The summed E-state index contributed by atoms with van der Waals surface area (Å²) in [4.78, 5) is 10.5. The molecule has 0 aromatic heterocycles. The molecule has 2 rings (SSSR count). The van der Waals surface area contributed by atoms with Crippen molar-refractivity contribution in [1.29, 1.82) is 0 Å². The summed E-state index contributed by atoms with van der Waals surface area (Å²) in [5.74, 6) is 0. The average molecular weight is 599 g/mol. The molecule has 0 unspecified atom stereocenters. The molecule has 2 aromatic rings. The van der Waals surface area contributed by atoms with Crippen molar-refractivity contribution in [2.75, 3.05) is 0 Å². The highest BCUT2D eigenvalue weighted by Gasteiger charge is 2.09. The van der Waals surface area contributed by atoms with Gasteiger partial charge in [-0.1, -0.05) is 154 Å². The Labute approximate surface area is 273 Å². The Morgan fingerprint density at radius 3 is 1.45 bits per heavy atom. The van der Waals surface area contributed by atoms with Gasteiger partial charge in [0.05, 0.1) is 22.8 Å². The molecule has 244 valence electrons. The summed E-state index contributed by atoms with van der Waals surface area (Å²) < 4.78 is 0. The molecule has 44 heavy (non-hydrogen) atoms. The summed E-state index contributed by atoms with van der Waals surface area (Å²) in [6.45, 7) is 9.03. The molecule has 0 N–H and O–H groups in total. The lowest BCUT2D eigenvalue weighted by Crippen LogP contribution is -2.11. The molecule has 0 saturated heterocycles. The number of hydrogen-bond donors (Lipinski definition) is 0.